The van der Waals surface area contributed by atoms with Crippen molar-refractivity contribution in [1.82, 2.24) is 4.98 Å². The number of carbonyl (C=O) groups is 1. The van der Waals surface area contributed by atoms with Crippen molar-refractivity contribution in [2.75, 3.05) is 5.73 Å². The van der Waals surface area contributed by atoms with Crippen LogP contribution in [0.25, 0.3) is 0 Å². The van der Waals surface area contributed by atoms with Gasteiger partial charge in [0.2, 0.25) is 0 Å². The van der Waals surface area contributed by atoms with Gasteiger partial charge >= 0.3 is 0 Å². The zero-order chi connectivity index (χ0) is 9.68. The fourth-order valence-electron chi connectivity index (χ4n) is 0.897. The van der Waals surface area contributed by atoms with E-state index in [0.29, 0.717) is 5.82 Å². The lowest BCUT2D eigenvalue weighted by Crippen LogP contribution is -1.92. The number of nitrogens with zero attached hydrogens (tertiary/aromatic N) is 1. The number of carbonyl (C=O) groups excluding carboxylic acids is 1. The van der Waals surface area contributed by atoms with Gasteiger partial charge < -0.3 is 10.5 Å². The maximum absolute atomic E-state index is 10.00. The van der Waals surface area contributed by atoms with Crippen LogP contribution in [-0.4, -0.2) is 11.3 Å². The summed E-state index contributed by atoms with van der Waals surface area (Å²) in [4.78, 5) is 13.9. The molecule has 3 nitrogen and oxygen atoms in total. The van der Waals surface area contributed by atoms with Crippen molar-refractivity contribution in [1.29, 1.82) is 0 Å². The standard InChI is InChI=1S/C10H10N2O/c1-8-6-10(11)12-7-9(8)4-2-3-5-13/h5-7H,3H2,1H3,(H2,11,12). The average molecular weight is 174 g/mol. The second-order valence-electron chi connectivity index (χ2n) is 2.60. The molecule has 0 saturated heterocycles. The summed E-state index contributed by atoms with van der Waals surface area (Å²) in [7, 11) is 0. The summed E-state index contributed by atoms with van der Waals surface area (Å²) >= 11 is 0. The summed E-state index contributed by atoms with van der Waals surface area (Å²) in [6.07, 6.45) is 2.64. The monoisotopic (exact) mass is 174 g/mol. The number of rotatable bonds is 1. The molecule has 66 valence electrons. The number of nitrogens with two attached hydrogens (primary N) is 1. The van der Waals surface area contributed by atoms with Crippen LogP contribution in [0.15, 0.2) is 12.3 Å². The van der Waals surface area contributed by atoms with Crippen LogP contribution in [-0.2, 0) is 4.79 Å². The van der Waals surface area contributed by atoms with Crippen LogP contribution in [0.4, 0.5) is 5.82 Å². The van der Waals surface area contributed by atoms with Crippen LogP contribution in [0.3, 0.4) is 0 Å². The Morgan fingerprint density at radius 3 is 3.08 bits per heavy atom. The summed E-state index contributed by atoms with van der Waals surface area (Å²) < 4.78 is 0. The fraction of sp³-hybridized carbons (Fsp3) is 0.200. The minimum atomic E-state index is 0.254. The molecular formula is C10H10N2O. The highest BCUT2D eigenvalue weighted by Crippen LogP contribution is 2.07. The highest BCUT2D eigenvalue weighted by Gasteiger charge is 1.94. The highest BCUT2D eigenvalue weighted by atomic mass is 16.1. The van der Waals surface area contributed by atoms with Crippen LogP contribution in [0.5, 0.6) is 0 Å². The minimum Gasteiger partial charge on any atom is -0.384 e. The second kappa shape index (κ2) is 4.27. The van der Waals surface area contributed by atoms with Gasteiger partial charge in [-0.05, 0) is 18.6 Å². The molecule has 0 aliphatic rings. The normalized spacial score (nSPS) is 8.69. The van der Waals surface area contributed by atoms with Crippen LogP contribution < -0.4 is 5.73 Å². The van der Waals surface area contributed by atoms with Crippen molar-refractivity contribution < 1.29 is 4.79 Å². The molecule has 0 fully saturated rings. The number of nitrogen functional groups attached to an aromatic ring is 1. The molecule has 0 spiro atoms. The maximum atomic E-state index is 10.00. The molecule has 0 unspecified atom stereocenters. The van der Waals surface area contributed by atoms with Crippen molar-refractivity contribution in [3.05, 3.63) is 23.4 Å². The predicted molar refractivity (Wildman–Crippen MR) is 50.9 cm³/mol. The van der Waals surface area contributed by atoms with Gasteiger partial charge in [-0.1, -0.05) is 11.8 Å². The third-order valence-corrected chi connectivity index (χ3v) is 1.54. The van der Waals surface area contributed by atoms with Crippen LogP contribution >= 0.6 is 0 Å². The number of aryl methyl sites for hydroxylation is 1. The van der Waals surface area contributed by atoms with E-state index in [1.54, 1.807) is 12.3 Å². The maximum Gasteiger partial charge on any atom is 0.131 e. The average Bonchev–Trinajstić information content (AvgIpc) is 2.09. The molecule has 0 aromatic carbocycles. The van der Waals surface area contributed by atoms with E-state index in [1.807, 2.05) is 6.92 Å². The van der Waals surface area contributed by atoms with Crippen LogP contribution in [0, 0.1) is 18.8 Å². The number of aldehydes is 1. The quantitative estimate of drug-likeness (QED) is 0.508. The van der Waals surface area contributed by atoms with Crippen molar-refractivity contribution in [2.45, 2.75) is 13.3 Å². The Morgan fingerprint density at radius 2 is 2.46 bits per heavy atom. The zero-order valence-electron chi connectivity index (χ0n) is 7.37. The molecule has 1 rings (SSSR count). The Bertz CT molecular complexity index is 374. The first-order chi connectivity index (χ1) is 6.24. The minimum absolute atomic E-state index is 0.254. The molecular weight excluding hydrogens is 164 g/mol. The van der Waals surface area contributed by atoms with Gasteiger partial charge in [-0.2, -0.15) is 0 Å². The van der Waals surface area contributed by atoms with Gasteiger partial charge in [0.05, 0.1) is 6.42 Å². The third kappa shape index (κ3) is 2.60. The van der Waals surface area contributed by atoms with E-state index < -0.39 is 0 Å². The van der Waals surface area contributed by atoms with E-state index in [4.69, 9.17) is 5.73 Å². The highest BCUT2D eigenvalue weighted by molar-refractivity contribution is 5.55. The Labute approximate surface area is 77.0 Å². The lowest BCUT2D eigenvalue weighted by molar-refractivity contribution is -0.107. The molecule has 0 bridgehead atoms. The smallest absolute Gasteiger partial charge is 0.131 e. The van der Waals surface area contributed by atoms with Gasteiger partial charge in [0, 0.05) is 11.8 Å². The van der Waals surface area contributed by atoms with Crippen molar-refractivity contribution in [2.24, 2.45) is 0 Å². The van der Waals surface area contributed by atoms with Crippen LogP contribution in [0.2, 0.25) is 0 Å². The van der Waals surface area contributed by atoms with Crippen molar-refractivity contribution >= 4 is 12.1 Å². The number of pyridine rings is 1. The predicted octanol–water partition coefficient (Wildman–Crippen LogP) is 0.913. The van der Waals surface area contributed by atoms with E-state index in [0.717, 1.165) is 17.4 Å². The van der Waals surface area contributed by atoms with Gasteiger partial charge in [0.25, 0.3) is 0 Å². The molecule has 2 N–H and O–H groups in total. The summed E-state index contributed by atoms with van der Waals surface area (Å²) in [6.45, 7) is 1.91. The Hall–Kier alpha value is -1.82. The van der Waals surface area contributed by atoms with Gasteiger partial charge in [0.15, 0.2) is 0 Å². The largest absolute Gasteiger partial charge is 0.384 e. The topological polar surface area (TPSA) is 56.0 Å². The molecule has 0 aliphatic heterocycles. The molecule has 0 saturated carbocycles. The Kier molecular flexibility index (Phi) is 3.04. The number of hydrogen-bond acceptors (Lipinski definition) is 3. The van der Waals surface area contributed by atoms with E-state index in [2.05, 4.69) is 16.8 Å². The van der Waals surface area contributed by atoms with Gasteiger partial charge in [-0.3, -0.25) is 0 Å². The van der Waals surface area contributed by atoms with Crippen molar-refractivity contribution in [3.63, 3.8) is 0 Å². The summed E-state index contributed by atoms with van der Waals surface area (Å²) in [5.74, 6) is 6.04. The molecule has 0 aliphatic carbocycles. The molecule has 1 heterocycles. The van der Waals surface area contributed by atoms with E-state index >= 15 is 0 Å². The number of aromatic nitrogens is 1. The Balaban J connectivity index is 2.91. The first-order valence-electron chi connectivity index (χ1n) is 3.88. The van der Waals surface area contributed by atoms with Gasteiger partial charge in [-0.15, -0.1) is 0 Å². The lowest BCUT2D eigenvalue weighted by atomic mass is 10.1. The summed E-state index contributed by atoms with van der Waals surface area (Å²) in [6, 6.07) is 1.75. The number of anilines is 1. The molecule has 0 amide bonds. The van der Waals surface area contributed by atoms with E-state index in [9.17, 15) is 4.79 Å². The first-order valence-corrected chi connectivity index (χ1v) is 3.88. The van der Waals surface area contributed by atoms with Crippen molar-refractivity contribution in [3.8, 4) is 11.8 Å². The summed E-state index contributed by atoms with van der Waals surface area (Å²) in [5.41, 5.74) is 7.26. The fourth-order valence-corrected chi connectivity index (χ4v) is 0.897. The number of hydrogen-bond donors (Lipinski definition) is 1. The third-order valence-electron chi connectivity index (χ3n) is 1.54. The molecule has 1 aromatic rings. The zero-order valence-corrected chi connectivity index (χ0v) is 7.37. The van der Waals surface area contributed by atoms with E-state index in [-0.39, 0.29) is 6.42 Å². The van der Waals surface area contributed by atoms with E-state index in [1.165, 1.54) is 0 Å². The second-order valence-corrected chi connectivity index (χ2v) is 2.60. The van der Waals surface area contributed by atoms with Crippen LogP contribution in [0.1, 0.15) is 17.5 Å². The molecule has 13 heavy (non-hydrogen) atoms. The van der Waals surface area contributed by atoms with Gasteiger partial charge in [0.1, 0.15) is 12.1 Å². The Morgan fingerprint density at radius 1 is 1.69 bits per heavy atom. The SMILES string of the molecule is Cc1cc(N)ncc1C#CCC=O. The molecule has 3 heteroatoms. The first kappa shape index (κ1) is 9.27. The lowest BCUT2D eigenvalue weighted by Gasteiger charge is -1.97. The molecule has 0 radical (unpaired) electrons. The molecule has 0 atom stereocenters. The summed E-state index contributed by atoms with van der Waals surface area (Å²) in [5, 5.41) is 0. The van der Waals surface area contributed by atoms with Gasteiger partial charge in [-0.25, -0.2) is 4.98 Å². The molecule has 1 aromatic heterocycles.